The molecule has 0 saturated carbocycles. The van der Waals surface area contributed by atoms with Crippen LogP contribution in [0.4, 0.5) is 5.69 Å². The van der Waals surface area contributed by atoms with Crippen molar-refractivity contribution in [3.63, 3.8) is 0 Å². The zero-order chi connectivity index (χ0) is 20.0. The third kappa shape index (κ3) is 4.92. The van der Waals surface area contributed by atoms with Crippen molar-refractivity contribution in [2.75, 3.05) is 26.6 Å². The first-order valence-electron chi connectivity index (χ1n) is 8.27. The van der Waals surface area contributed by atoms with Gasteiger partial charge in [0.1, 0.15) is 5.75 Å². The highest BCUT2D eigenvalue weighted by Gasteiger charge is 2.13. The molecule has 27 heavy (non-hydrogen) atoms. The number of anilines is 1. The van der Waals surface area contributed by atoms with Crippen LogP contribution in [-0.4, -0.2) is 38.4 Å². The van der Waals surface area contributed by atoms with Gasteiger partial charge in [0, 0.05) is 0 Å². The lowest BCUT2D eigenvalue weighted by Gasteiger charge is -2.13. The molecule has 0 bridgehead atoms. The first kappa shape index (κ1) is 20.1. The Bertz CT molecular complexity index is 821. The molecule has 7 heteroatoms. The largest absolute Gasteiger partial charge is 0.506 e. The van der Waals surface area contributed by atoms with Crippen molar-refractivity contribution in [3.8, 4) is 23.0 Å². The van der Waals surface area contributed by atoms with Gasteiger partial charge in [-0.15, -0.1) is 0 Å². The summed E-state index contributed by atoms with van der Waals surface area (Å²) in [6, 6.07) is 7.85. The van der Waals surface area contributed by atoms with Crippen LogP contribution in [0.1, 0.15) is 18.1 Å². The summed E-state index contributed by atoms with van der Waals surface area (Å²) in [5.74, 6) is 1.20. The van der Waals surface area contributed by atoms with Gasteiger partial charge in [-0.1, -0.05) is 18.2 Å². The predicted molar refractivity (Wildman–Crippen MR) is 105 cm³/mol. The number of benzene rings is 2. The number of carbonyl (C=O) groups excluding carboxylic acids is 1. The van der Waals surface area contributed by atoms with Gasteiger partial charge >= 0.3 is 0 Å². The van der Waals surface area contributed by atoms with Crippen molar-refractivity contribution in [1.82, 2.24) is 0 Å². The lowest BCUT2D eigenvalue weighted by Crippen LogP contribution is -2.32. The molecule has 0 aromatic heterocycles. The molecule has 0 aliphatic heterocycles. The van der Waals surface area contributed by atoms with Gasteiger partial charge in [-0.25, -0.2) is 0 Å². The molecule has 0 spiro atoms. The molecule has 0 radical (unpaired) electrons. The zero-order valence-corrected chi connectivity index (χ0v) is 15.8. The third-order valence-corrected chi connectivity index (χ3v) is 3.85. The molecule has 0 aliphatic rings. The van der Waals surface area contributed by atoms with Crippen LogP contribution < -0.4 is 25.3 Å². The van der Waals surface area contributed by atoms with E-state index in [1.54, 1.807) is 40.4 Å². The summed E-state index contributed by atoms with van der Waals surface area (Å²) in [5.41, 5.74) is 7.45. The summed E-state index contributed by atoms with van der Waals surface area (Å²) in [7, 11) is 4.65. The number of phenolic OH excluding ortho intramolecular Hbond substituents is 1. The standard InChI is InChI=1S/C20H24N2O5/c1-12(21)20(24)22-15-9-13(7-8-16(15)23)5-6-14-10-17(25-2)19(27-4)18(11-14)26-3/h5-12,23H,21H2,1-4H3,(H,22,24)/b6-5-. The monoisotopic (exact) mass is 372 g/mol. The molecule has 7 nitrogen and oxygen atoms in total. The molecule has 0 aliphatic carbocycles. The Hall–Kier alpha value is -3.19. The number of nitrogens with one attached hydrogen (secondary N) is 1. The number of aromatic hydroxyl groups is 1. The lowest BCUT2D eigenvalue weighted by atomic mass is 10.1. The molecular formula is C20H24N2O5. The maximum Gasteiger partial charge on any atom is 0.241 e. The van der Waals surface area contributed by atoms with Crippen molar-refractivity contribution in [2.24, 2.45) is 5.73 Å². The third-order valence-electron chi connectivity index (χ3n) is 3.85. The maximum atomic E-state index is 11.8. The fourth-order valence-electron chi connectivity index (χ4n) is 2.39. The first-order valence-corrected chi connectivity index (χ1v) is 8.27. The maximum absolute atomic E-state index is 11.8. The molecule has 144 valence electrons. The molecule has 1 unspecified atom stereocenters. The Labute approximate surface area is 158 Å². The van der Waals surface area contributed by atoms with E-state index in [0.29, 0.717) is 22.9 Å². The highest BCUT2D eigenvalue weighted by molar-refractivity contribution is 5.96. The molecule has 0 saturated heterocycles. The normalized spacial score (nSPS) is 11.9. The molecule has 2 rings (SSSR count). The Kier molecular flexibility index (Phi) is 6.67. The van der Waals surface area contributed by atoms with Crippen LogP contribution in [-0.2, 0) is 4.79 Å². The Balaban J connectivity index is 2.31. The van der Waals surface area contributed by atoms with Crippen molar-refractivity contribution in [3.05, 3.63) is 41.5 Å². The summed E-state index contributed by atoms with van der Waals surface area (Å²) in [6.45, 7) is 1.57. The average Bonchev–Trinajstić information content (AvgIpc) is 2.67. The average molecular weight is 372 g/mol. The predicted octanol–water partition coefficient (Wildman–Crippen LogP) is 2.87. The van der Waals surface area contributed by atoms with E-state index in [2.05, 4.69) is 5.32 Å². The fraction of sp³-hybridized carbons (Fsp3) is 0.250. The van der Waals surface area contributed by atoms with E-state index >= 15 is 0 Å². The lowest BCUT2D eigenvalue weighted by molar-refractivity contribution is -0.117. The second-order valence-electron chi connectivity index (χ2n) is 5.85. The van der Waals surface area contributed by atoms with E-state index in [1.807, 2.05) is 24.3 Å². The summed E-state index contributed by atoms with van der Waals surface area (Å²) >= 11 is 0. The smallest absolute Gasteiger partial charge is 0.241 e. The van der Waals surface area contributed by atoms with Gasteiger partial charge in [0.15, 0.2) is 11.5 Å². The van der Waals surface area contributed by atoms with Crippen molar-refractivity contribution in [1.29, 1.82) is 0 Å². The van der Waals surface area contributed by atoms with Crippen molar-refractivity contribution < 1.29 is 24.1 Å². The minimum Gasteiger partial charge on any atom is -0.506 e. The van der Waals surface area contributed by atoms with Gasteiger partial charge in [-0.05, 0) is 42.3 Å². The van der Waals surface area contributed by atoms with Crippen molar-refractivity contribution in [2.45, 2.75) is 13.0 Å². The summed E-state index contributed by atoms with van der Waals surface area (Å²) in [4.78, 5) is 11.8. The number of methoxy groups -OCH3 is 3. The molecule has 2 aromatic carbocycles. The Morgan fingerprint density at radius 3 is 2.15 bits per heavy atom. The van der Waals surface area contributed by atoms with Crippen LogP contribution in [0.2, 0.25) is 0 Å². The Morgan fingerprint density at radius 1 is 1.04 bits per heavy atom. The van der Waals surface area contributed by atoms with Gasteiger partial charge in [-0.2, -0.15) is 0 Å². The van der Waals surface area contributed by atoms with Gasteiger partial charge in [-0.3, -0.25) is 4.79 Å². The highest BCUT2D eigenvalue weighted by atomic mass is 16.5. The molecule has 1 atom stereocenters. The van der Waals surface area contributed by atoms with Gasteiger partial charge in [0.2, 0.25) is 11.7 Å². The van der Waals surface area contributed by atoms with Crippen LogP contribution in [0.5, 0.6) is 23.0 Å². The molecule has 4 N–H and O–H groups in total. The topological polar surface area (TPSA) is 103 Å². The van der Waals surface area contributed by atoms with E-state index in [0.717, 1.165) is 11.1 Å². The summed E-state index contributed by atoms with van der Waals surface area (Å²) < 4.78 is 16.0. The molecule has 0 heterocycles. The van der Waals surface area contributed by atoms with Crippen LogP contribution in [0.15, 0.2) is 30.3 Å². The van der Waals surface area contributed by atoms with E-state index in [9.17, 15) is 9.90 Å². The van der Waals surface area contributed by atoms with E-state index in [1.165, 1.54) is 6.07 Å². The first-order chi connectivity index (χ1) is 12.9. The van der Waals surface area contributed by atoms with Crippen LogP contribution >= 0.6 is 0 Å². The SMILES string of the molecule is COc1cc(/C=C\c2ccc(O)c(NC(=O)C(C)N)c2)cc(OC)c1OC. The number of hydrogen-bond acceptors (Lipinski definition) is 6. The van der Waals surface area contributed by atoms with Crippen LogP contribution in [0, 0.1) is 0 Å². The summed E-state index contributed by atoms with van der Waals surface area (Å²) in [6.07, 6.45) is 3.69. The van der Waals surface area contributed by atoms with E-state index in [-0.39, 0.29) is 11.7 Å². The van der Waals surface area contributed by atoms with Crippen LogP contribution in [0.3, 0.4) is 0 Å². The van der Waals surface area contributed by atoms with Gasteiger partial charge in [0.25, 0.3) is 0 Å². The number of rotatable bonds is 7. The zero-order valence-electron chi connectivity index (χ0n) is 15.8. The quantitative estimate of drug-likeness (QED) is 0.510. The number of phenols is 1. The van der Waals surface area contributed by atoms with Crippen molar-refractivity contribution >= 4 is 23.7 Å². The number of amides is 1. The molecule has 2 aromatic rings. The number of ether oxygens (including phenoxy) is 3. The van der Waals surface area contributed by atoms with E-state index < -0.39 is 6.04 Å². The number of hydrogen-bond donors (Lipinski definition) is 3. The second-order valence-corrected chi connectivity index (χ2v) is 5.85. The van der Waals surface area contributed by atoms with Gasteiger partial charge < -0.3 is 30.4 Å². The minimum atomic E-state index is -0.678. The molecule has 0 fully saturated rings. The van der Waals surface area contributed by atoms with Crippen LogP contribution in [0.25, 0.3) is 12.2 Å². The van der Waals surface area contributed by atoms with Gasteiger partial charge in [0.05, 0.1) is 33.1 Å². The van der Waals surface area contributed by atoms with E-state index in [4.69, 9.17) is 19.9 Å². The molecule has 1 amide bonds. The summed E-state index contributed by atoms with van der Waals surface area (Å²) in [5, 5.41) is 12.5. The minimum absolute atomic E-state index is 0.0334. The Morgan fingerprint density at radius 2 is 1.63 bits per heavy atom. The fourth-order valence-corrected chi connectivity index (χ4v) is 2.39. The number of carbonyl (C=O) groups is 1. The molecular weight excluding hydrogens is 348 g/mol. The highest BCUT2D eigenvalue weighted by Crippen LogP contribution is 2.38. The second kappa shape index (κ2) is 8.95. The number of nitrogens with two attached hydrogens (primary N) is 1.